The highest BCUT2D eigenvalue weighted by Gasteiger charge is 2.25. The number of carboxylic acid groups (broad SMARTS) is 2. The minimum absolute atomic E-state index is 0.126. The van der Waals surface area contributed by atoms with Gasteiger partial charge in [0.1, 0.15) is 12.1 Å². The van der Waals surface area contributed by atoms with E-state index in [2.05, 4.69) is 0 Å². The van der Waals surface area contributed by atoms with Crippen molar-refractivity contribution in [3.8, 4) is 11.1 Å². The van der Waals surface area contributed by atoms with E-state index in [1.54, 1.807) is 0 Å². The molecule has 0 radical (unpaired) electrons. The van der Waals surface area contributed by atoms with E-state index < -0.39 is 24.0 Å². The monoisotopic (exact) mass is 342 g/mol. The molecule has 0 saturated carbocycles. The molecule has 6 heteroatoms. The van der Waals surface area contributed by atoms with E-state index in [0.717, 1.165) is 16.7 Å². The minimum atomic E-state index is -1.12. The van der Waals surface area contributed by atoms with Crippen molar-refractivity contribution < 1.29 is 19.8 Å². The van der Waals surface area contributed by atoms with Gasteiger partial charge in [0, 0.05) is 0 Å². The van der Waals surface area contributed by atoms with Crippen molar-refractivity contribution in [3.05, 3.63) is 60.2 Å². The molecule has 0 aromatic heterocycles. The molecule has 0 aliphatic rings. The number of hydrogen-bond donors (Lipinski definition) is 4. The van der Waals surface area contributed by atoms with Gasteiger partial charge in [-0.25, -0.2) is 0 Å². The largest absolute Gasteiger partial charge is 0.480 e. The fraction of sp³-hybridized carbons (Fsp3) is 0.263. The molecule has 6 nitrogen and oxygen atoms in total. The Kier molecular flexibility index (Phi) is 6.27. The van der Waals surface area contributed by atoms with Crippen LogP contribution in [-0.4, -0.2) is 34.2 Å². The average Bonchev–Trinajstić information content (AvgIpc) is 2.61. The molecule has 0 amide bonds. The van der Waals surface area contributed by atoms with Gasteiger partial charge in [0.25, 0.3) is 0 Å². The standard InChI is InChI=1S/C19H22N2O4/c20-16(18(22)23)10-15(11-17(21)19(24)25)14-8-6-13(7-9-14)12-4-2-1-3-5-12/h1-9,15-17H,10-11,20-21H2,(H,22,23)(H,24,25). The number of rotatable bonds is 8. The summed E-state index contributed by atoms with van der Waals surface area (Å²) in [6, 6.07) is 15.3. The summed E-state index contributed by atoms with van der Waals surface area (Å²) in [4.78, 5) is 22.1. The van der Waals surface area contributed by atoms with Crippen LogP contribution in [0.1, 0.15) is 24.3 Å². The number of aliphatic carboxylic acids is 2. The van der Waals surface area contributed by atoms with E-state index in [1.165, 1.54) is 0 Å². The lowest BCUT2D eigenvalue weighted by Gasteiger charge is -2.21. The first-order chi connectivity index (χ1) is 11.9. The van der Waals surface area contributed by atoms with Crippen LogP contribution in [0.2, 0.25) is 0 Å². The maximum Gasteiger partial charge on any atom is 0.320 e. The van der Waals surface area contributed by atoms with Crippen molar-refractivity contribution >= 4 is 11.9 Å². The van der Waals surface area contributed by atoms with Crippen LogP contribution in [0, 0.1) is 0 Å². The topological polar surface area (TPSA) is 127 Å². The molecule has 0 heterocycles. The normalized spacial score (nSPS) is 14.5. The third-order valence-electron chi connectivity index (χ3n) is 4.20. The first kappa shape index (κ1) is 18.6. The summed E-state index contributed by atoms with van der Waals surface area (Å²) in [7, 11) is 0. The molecule has 2 aromatic carbocycles. The van der Waals surface area contributed by atoms with E-state index in [0.29, 0.717) is 0 Å². The summed E-state index contributed by atoms with van der Waals surface area (Å²) >= 11 is 0. The zero-order valence-corrected chi connectivity index (χ0v) is 13.7. The third kappa shape index (κ3) is 5.14. The maximum absolute atomic E-state index is 11.1. The minimum Gasteiger partial charge on any atom is -0.480 e. The van der Waals surface area contributed by atoms with Crippen LogP contribution in [0.25, 0.3) is 11.1 Å². The zero-order chi connectivity index (χ0) is 18.4. The van der Waals surface area contributed by atoms with Gasteiger partial charge in [0.2, 0.25) is 0 Å². The van der Waals surface area contributed by atoms with E-state index >= 15 is 0 Å². The van der Waals surface area contributed by atoms with Gasteiger partial charge in [-0.2, -0.15) is 0 Å². The molecule has 6 N–H and O–H groups in total. The number of carbonyl (C=O) groups is 2. The number of hydrogen-bond acceptors (Lipinski definition) is 4. The van der Waals surface area contributed by atoms with Crippen LogP contribution in [0.4, 0.5) is 0 Å². The summed E-state index contributed by atoms with van der Waals surface area (Å²) in [5.74, 6) is -2.58. The number of benzene rings is 2. The van der Waals surface area contributed by atoms with Gasteiger partial charge in [-0.05, 0) is 35.4 Å². The summed E-state index contributed by atoms with van der Waals surface area (Å²) in [5, 5.41) is 18.1. The molecule has 0 fully saturated rings. The third-order valence-corrected chi connectivity index (χ3v) is 4.20. The predicted octanol–water partition coefficient (Wildman–Crippen LogP) is 2.04. The SMILES string of the molecule is NC(CC(CC(N)C(=O)O)c1ccc(-c2ccccc2)cc1)C(=O)O. The molecule has 0 bridgehead atoms. The molecular formula is C19H22N2O4. The number of carboxylic acids is 2. The molecule has 0 saturated heterocycles. The van der Waals surface area contributed by atoms with E-state index in [-0.39, 0.29) is 18.8 Å². The second-order valence-electron chi connectivity index (χ2n) is 6.05. The first-order valence-corrected chi connectivity index (χ1v) is 8.00. The van der Waals surface area contributed by atoms with Gasteiger partial charge in [-0.1, -0.05) is 54.6 Å². The molecule has 2 unspecified atom stereocenters. The highest BCUT2D eigenvalue weighted by molar-refractivity contribution is 5.74. The van der Waals surface area contributed by atoms with Crippen molar-refractivity contribution in [2.75, 3.05) is 0 Å². The molecule has 2 rings (SSSR count). The lowest BCUT2D eigenvalue weighted by molar-refractivity contribution is -0.139. The van der Waals surface area contributed by atoms with Crippen LogP contribution >= 0.6 is 0 Å². The Morgan fingerprint density at radius 1 is 0.760 bits per heavy atom. The highest BCUT2D eigenvalue weighted by Crippen LogP contribution is 2.28. The van der Waals surface area contributed by atoms with Gasteiger partial charge in [0.15, 0.2) is 0 Å². The van der Waals surface area contributed by atoms with Gasteiger partial charge < -0.3 is 21.7 Å². The molecule has 25 heavy (non-hydrogen) atoms. The van der Waals surface area contributed by atoms with Crippen LogP contribution in [0.3, 0.4) is 0 Å². The van der Waals surface area contributed by atoms with Gasteiger partial charge in [-0.15, -0.1) is 0 Å². The van der Waals surface area contributed by atoms with Gasteiger partial charge in [0.05, 0.1) is 0 Å². The second kappa shape index (κ2) is 8.41. The summed E-state index contributed by atoms with van der Waals surface area (Å²) in [5.41, 5.74) is 14.2. The van der Waals surface area contributed by atoms with Crippen molar-refractivity contribution in [3.63, 3.8) is 0 Å². The second-order valence-corrected chi connectivity index (χ2v) is 6.05. The Hall–Kier alpha value is -2.70. The Labute approximate surface area is 146 Å². The van der Waals surface area contributed by atoms with E-state index in [9.17, 15) is 9.59 Å². The lowest BCUT2D eigenvalue weighted by Crippen LogP contribution is -2.36. The first-order valence-electron chi connectivity index (χ1n) is 8.00. The Balaban J connectivity index is 2.23. The Morgan fingerprint density at radius 2 is 1.20 bits per heavy atom. The molecular weight excluding hydrogens is 320 g/mol. The zero-order valence-electron chi connectivity index (χ0n) is 13.7. The van der Waals surface area contributed by atoms with Crippen LogP contribution in [0.5, 0.6) is 0 Å². The van der Waals surface area contributed by atoms with Crippen molar-refractivity contribution in [2.45, 2.75) is 30.8 Å². The van der Waals surface area contributed by atoms with Crippen LogP contribution < -0.4 is 11.5 Å². The Bertz CT molecular complexity index is 694. The van der Waals surface area contributed by atoms with Crippen molar-refractivity contribution in [1.29, 1.82) is 0 Å². The molecule has 0 aliphatic heterocycles. The van der Waals surface area contributed by atoms with Gasteiger partial charge in [-0.3, -0.25) is 9.59 Å². The van der Waals surface area contributed by atoms with Crippen molar-refractivity contribution in [1.82, 2.24) is 0 Å². The fourth-order valence-corrected chi connectivity index (χ4v) is 2.76. The van der Waals surface area contributed by atoms with Crippen LogP contribution in [-0.2, 0) is 9.59 Å². The molecule has 2 aromatic rings. The fourth-order valence-electron chi connectivity index (χ4n) is 2.76. The molecule has 2 atom stereocenters. The summed E-state index contributed by atoms with van der Waals surface area (Å²) in [6.45, 7) is 0. The summed E-state index contributed by atoms with van der Waals surface area (Å²) < 4.78 is 0. The van der Waals surface area contributed by atoms with Gasteiger partial charge >= 0.3 is 11.9 Å². The summed E-state index contributed by atoms with van der Waals surface area (Å²) in [6.07, 6.45) is 0.252. The van der Waals surface area contributed by atoms with Crippen LogP contribution in [0.15, 0.2) is 54.6 Å². The quantitative estimate of drug-likeness (QED) is 0.581. The molecule has 132 valence electrons. The van der Waals surface area contributed by atoms with E-state index in [1.807, 2.05) is 54.6 Å². The molecule has 0 spiro atoms. The Morgan fingerprint density at radius 3 is 1.64 bits per heavy atom. The predicted molar refractivity (Wildman–Crippen MR) is 95.1 cm³/mol. The van der Waals surface area contributed by atoms with Crippen molar-refractivity contribution in [2.24, 2.45) is 11.5 Å². The highest BCUT2D eigenvalue weighted by atomic mass is 16.4. The maximum atomic E-state index is 11.1. The average molecular weight is 342 g/mol. The number of nitrogens with two attached hydrogens (primary N) is 2. The smallest absolute Gasteiger partial charge is 0.320 e. The lowest BCUT2D eigenvalue weighted by atomic mass is 9.86. The molecule has 0 aliphatic carbocycles. The van der Waals surface area contributed by atoms with E-state index in [4.69, 9.17) is 21.7 Å².